The summed E-state index contributed by atoms with van der Waals surface area (Å²) >= 11 is 2.68. The minimum atomic E-state index is -0.568. The van der Waals surface area contributed by atoms with Gasteiger partial charge in [0, 0.05) is 16.1 Å². The summed E-state index contributed by atoms with van der Waals surface area (Å²) in [5.74, 6) is 0.778. The third-order valence-corrected chi connectivity index (χ3v) is 8.83. The molecule has 49 heavy (non-hydrogen) atoms. The molecule has 0 radical (unpaired) electrons. The number of fused-ring (bicyclic) bond motifs is 1. The van der Waals surface area contributed by atoms with Gasteiger partial charge in [-0.1, -0.05) is 35.6 Å². The Kier molecular flexibility index (Phi) is 11.7. The van der Waals surface area contributed by atoms with Crippen LogP contribution in [0.25, 0.3) is 16.3 Å². The molecule has 3 N–H and O–H groups in total. The number of carbonyl (C=O) groups is 3. The van der Waals surface area contributed by atoms with E-state index in [2.05, 4.69) is 20.9 Å². The lowest BCUT2D eigenvalue weighted by atomic mass is 10.1. The quantitative estimate of drug-likeness (QED) is 0.0839. The van der Waals surface area contributed by atoms with Gasteiger partial charge in [-0.15, -0.1) is 11.8 Å². The molecule has 0 aliphatic rings. The standard InChI is InChI=1S/C36H34N4O7S2/c1-5-47-25-14-15-27-31(20-25)49-36(39-27)40-32(41)21-48-26-13-9-12-24(19-26)37-35(43)28(38-34(42)23-10-7-6-8-11-23)16-22-17-29(44-2)33(46-4)30(18-22)45-3/h6-20H,5,21H2,1-4H3,(H,37,43)(H,38,42)(H,39,40,41)/b28-16+. The number of nitrogens with zero attached hydrogens (tertiary/aromatic N) is 1. The van der Waals surface area contributed by atoms with Crippen molar-refractivity contribution in [3.8, 4) is 23.0 Å². The number of aromatic nitrogens is 1. The van der Waals surface area contributed by atoms with E-state index in [0.29, 0.717) is 45.8 Å². The summed E-state index contributed by atoms with van der Waals surface area (Å²) in [5, 5.41) is 8.94. The number of methoxy groups -OCH3 is 3. The summed E-state index contributed by atoms with van der Waals surface area (Å²) in [6.45, 7) is 2.48. The van der Waals surface area contributed by atoms with Crippen LogP contribution < -0.4 is 34.9 Å². The fourth-order valence-electron chi connectivity index (χ4n) is 4.67. The second-order valence-electron chi connectivity index (χ2n) is 10.2. The van der Waals surface area contributed by atoms with Crippen molar-refractivity contribution < 1.29 is 33.3 Å². The molecule has 0 saturated carbocycles. The Hall–Kier alpha value is -5.53. The van der Waals surface area contributed by atoms with E-state index in [4.69, 9.17) is 18.9 Å². The van der Waals surface area contributed by atoms with Gasteiger partial charge in [-0.05, 0) is 79.2 Å². The molecule has 5 rings (SSSR count). The minimum Gasteiger partial charge on any atom is -0.494 e. The highest BCUT2D eigenvalue weighted by molar-refractivity contribution is 8.00. The van der Waals surface area contributed by atoms with E-state index in [1.54, 1.807) is 60.7 Å². The molecule has 5 aromatic rings. The van der Waals surface area contributed by atoms with Crippen molar-refractivity contribution in [2.24, 2.45) is 0 Å². The Labute approximate surface area is 291 Å². The van der Waals surface area contributed by atoms with E-state index in [0.717, 1.165) is 20.9 Å². The summed E-state index contributed by atoms with van der Waals surface area (Å²) in [5.41, 5.74) is 2.12. The van der Waals surface area contributed by atoms with Gasteiger partial charge >= 0.3 is 0 Å². The topological polar surface area (TPSA) is 137 Å². The lowest BCUT2D eigenvalue weighted by Gasteiger charge is -2.15. The van der Waals surface area contributed by atoms with Crippen LogP contribution in [0.1, 0.15) is 22.8 Å². The van der Waals surface area contributed by atoms with E-state index >= 15 is 0 Å². The summed E-state index contributed by atoms with van der Waals surface area (Å²) < 4.78 is 22.8. The van der Waals surface area contributed by atoms with Crippen molar-refractivity contribution in [1.29, 1.82) is 0 Å². The van der Waals surface area contributed by atoms with Gasteiger partial charge < -0.3 is 34.9 Å². The Morgan fingerprint density at radius 1 is 0.857 bits per heavy atom. The lowest BCUT2D eigenvalue weighted by molar-refractivity contribution is -0.114. The first kappa shape index (κ1) is 34.8. The fraction of sp³-hybridized carbons (Fsp3) is 0.167. The number of rotatable bonds is 14. The molecule has 0 aliphatic heterocycles. The second-order valence-corrected chi connectivity index (χ2v) is 12.3. The summed E-state index contributed by atoms with van der Waals surface area (Å²) in [7, 11) is 4.47. The summed E-state index contributed by atoms with van der Waals surface area (Å²) in [4.78, 5) is 44.8. The number of benzene rings is 4. The van der Waals surface area contributed by atoms with Crippen LogP contribution in [-0.2, 0) is 9.59 Å². The van der Waals surface area contributed by atoms with Crippen LogP contribution in [0.4, 0.5) is 10.8 Å². The molecule has 0 fully saturated rings. The van der Waals surface area contributed by atoms with Gasteiger partial charge in [0.15, 0.2) is 16.6 Å². The molecular weight excluding hydrogens is 665 g/mol. The van der Waals surface area contributed by atoms with Gasteiger partial charge in [0.05, 0.1) is 43.9 Å². The molecule has 0 saturated heterocycles. The number of ether oxygens (including phenoxy) is 4. The first-order chi connectivity index (χ1) is 23.8. The molecule has 0 unspecified atom stereocenters. The van der Waals surface area contributed by atoms with Crippen LogP contribution >= 0.6 is 23.1 Å². The van der Waals surface area contributed by atoms with Gasteiger partial charge in [-0.25, -0.2) is 4.98 Å². The van der Waals surface area contributed by atoms with Gasteiger partial charge in [0.1, 0.15) is 11.4 Å². The molecule has 13 heteroatoms. The lowest BCUT2D eigenvalue weighted by Crippen LogP contribution is -2.30. The average Bonchev–Trinajstić information content (AvgIpc) is 3.52. The zero-order valence-corrected chi connectivity index (χ0v) is 28.8. The third-order valence-electron chi connectivity index (χ3n) is 6.91. The number of amides is 3. The van der Waals surface area contributed by atoms with E-state index in [-0.39, 0.29) is 17.4 Å². The van der Waals surface area contributed by atoms with Crippen molar-refractivity contribution in [2.75, 3.05) is 44.3 Å². The zero-order chi connectivity index (χ0) is 34.8. The van der Waals surface area contributed by atoms with Gasteiger partial charge in [0.2, 0.25) is 11.7 Å². The van der Waals surface area contributed by atoms with Gasteiger partial charge in [-0.3, -0.25) is 14.4 Å². The molecule has 1 heterocycles. The van der Waals surface area contributed by atoms with Crippen LogP contribution in [0.15, 0.2) is 95.5 Å². The SMILES string of the molecule is CCOc1ccc2nc(NC(=O)CSc3cccc(NC(=O)/C(=C\c4cc(OC)c(OC)c(OC)c4)NC(=O)c4ccccc4)c3)sc2c1. The highest BCUT2D eigenvalue weighted by Crippen LogP contribution is 2.39. The van der Waals surface area contributed by atoms with Gasteiger partial charge in [-0.2, -0.15) is 0 Å². The molecule has 4 aromatic carbocycles. The van der Waals surface area contributed by atoms with E-state index in [1.807, 2.05) is 31.2 Å². The predicted molar refractivity (Wildman–Crippen MR) is 193 cm³/mol. The normalized spacial score (nSPS) is 11.1. The zero-order valence-electron chi connectivity index (χ0n) is 27.2. The summed E-state index contributed by atoms with van der Waals surface area (Å²) in [6.07, 6.45) is 1.52. The third kappa shape index (κ3) is 9.09. The molecule has 252 valence electrons. The number of anilines is 2. The largest absolute Gasteiger partial charge is 0.494 e. The number of carbonyl (C=O) groups excluding carboxylic acids is 3. The fourth-order valence-corrected chi connectivity index (χ4v) is 6.34. The van der Waals surface area contributed by atoms with Crippen molar-refractivity contribution >= 4 is 67.9 Å². The van der Waals surface area contributed by atoms with Crippen molar-refractivity contribution in [3.63, 3.8) is 0 Å². The Bertz CT molecular complexity index is 1970. The highest BCUT2D eigenvalue weighted by atomic mass is 32.2. The van der Waals surface area contributed by atoms with Crippen LogP contribution in [0.3, 0.4) is 0 Å². The minimum absolute atomic E-state index is 0.0234. The molecule has 3 amide bonds. The van der Waals surface area contributed by atoms with Crippen molar-refractivity contribution in [1.82, 2.24) is 10.3 Å². The molecule has 1 aromatic heterocycles. The molecular formula is C36H34N4O7S2. The maximum Gasteiger partial charge on any atom is 0.272 e. The van der Waals surface area contributed by atoms with Crippen LogP contribution in [-0.4, -0.2) is 56.4 Å². The highest BCUT2D eigenvalue weighted by Gasteiger charge is 2.18. The molecule has 0 bridgehead atoms. The molecule has 0 spiro atoms. The Morgan fingerprint density at radius 3 is 2.31 bits per heavy atom. The monoisotopic (exact) mass is 698 g/mol. The van der Waals surface area contributed by atoms with Crippen LogP contribution in [0, 0.1) is 0 Å². The van der Waals surface area contributed by atoms with Gasteiger partial charge in [0.25, 0.3) is 11.8 Å². The number of hydrogen-bond acceptors (Lipinski definition) is 10. The van der Waals surface area contributed by atoms with Crippen LogP contribution in [0.2, 0.25) is 0 Å². The molecule has 0 aliphatic carbocycles. The first-order valence-electron chi connectivity index (χ1n) is 15.1. The van der Waals surface area contributed by atoms with Crippen molar-refractivity contribution in [2.45, 2.75) is 11.8 Å². The molecule has 11 nitrogen and oxygen atoms in total. The first-order valence-corrected chi connectivity index (χ1v) is 16.9. The maximum atomic E-state index is 13.7. The van der Waals surface area contributed by atoms with E-state index in [1.165, 1.54) is 50.5 Å². The Balaban J connectivity index is 1.30. The smallest absolute Gasteiger partial charge is 0.272 e. The number of thioether (sulfide) groups is 1. The number of hydrogen-bond donors (Lipinski definition) is 3. The molecule has 0 atom stereocenters. The number of thiazole rings is 1. The maximum absolute atomic E-state index is 13.7. The van der Waals surface area contributed by atoms with E-state index in [9.17, 15) is 14.4 Å². The second kappa shape index (κ2) is 16.5. The average molecular weight is 699 g/mol. The van der Waals surface area contributed by atoms with E-state index < -0.39 is 11.8 Å². The Morgan fingerprint density at radius 2 is 1.61 bits per heavy atom. The van der Waals surface area contributed by atoms with Crippen molar-refractivity contribution in [3.05, 3.63) is 102 Å². The summed E-state index contributed by atoms with van der Waals surface area (Å²) in [6, 6.07) is 24.6. The number of nitrogens with one attached hydrogen (secondary N) is 3. The van der Waals surface area contributed by atoms with Crippen LogP contribution in [0.5, 0.6) is 23.0 Å². The predicted octanol–water partition coefficient (Wildman–Crippen LogP) is 6.86.